The molecule has 5 nitrogen and oxygen atoms in total. The number of carbonyl (C=O) groups is 1. The van der Waals surface area contributed by atoms with Crippen LogP contribution in [0.25, 0.3) is 0 Å². The molecular weight excluding hydrogens is 394 g/mol. The van der Waals surface area contributed by atoms with Crippen LogP contribution >= 0.6 is 41.9 Å². The second-order valence-electron chi connectivity index (χ2n) is 4.79. The summed E-state index contributed by atoms with van der Waals surface area (Å²) >= 11 is 13.3. The third kappa shape index (κ3) is 4.74. The van der Waals surface area contributed by atoms with Crippen molar-refractivity contribution >= 4 is 47.9 Å². The van der Waals surface area contributed by atoms with Crippen LogP contribution < -0.4 is 4.74 Å². The van der Waals surface area contributed by atoms with E-state index in [0.717, 1.165) is 0 Å². The van der Waals surface area contributed by atoms with Crippen LogP contribution in [0.5, 0.6) is 5.75 Å². The van der Waals surface area contributed by atoms with E-state index < -0.39 is 25.8 Å². The van der Waals surface area contributed by atoms with E-state index >= 15 is 0 Å². The lowest BCUT2D eigenvalue weighted by Crippen LogP contribution is -2.18. The van der Waals surface area contributed by atoms with Gasteiger partial charge < -0.3 is 14.0 Å². The molecule has 0 aliphatic carbocycles. The maximum Gasteiger partial charge on any atom is 0.345 e. The smallest absolute Gasteiger partial charge is 0.345 e. The van der Waals surface area contributed by atoms with Gasteiger partial charge in [0.25, 0.3) is 0 Å². The minimum atomic E-state index is -3.18. The van der Waals surface area contributed by atoms with Crippen molar-refractivity contribution in [3.05, 3.63) is 50.6 Å². The molecule has 0 amide bonds. The Morgan fingerprint density at radius 2 is 1.92 bits per heavy atom. The van der Waals surface area contributed by atoms with Gasteiger partial charge in [-0.15, -0.1) is 11.3 Å². The normalized spacial score (nSPS) is 14.7. The van der Waals surface area contributed by atoms with Gasteiger partial charge >= 0.3 is 5.97 Å². The third-order valence-corrected chi connectivity index (χ3v) is 6.72. The van der Waals surface area contributed by atoms with E-state index in [9.17, 15) is 9.36 Å². The molecule has 1 heterocycles. The maximum absolute atomic E-state index is 12.5. The summed E-state index contributed by atoms with van der Waals surface area (Å²) in [7, 11) is -1.87. The fourth-order valence-corrected chi connectivity index (χ4v) is 4.77. The molecule has 1 aromatic carbocycles. The lowest BCUT2D eigenvalue weighted by atomic mass is 10.3. The summed E-state index contributed by atoms with van der Waals surface area (Å²) in [5.41, 5.74) is 0. The molecule has 2 atom stereocenters. The van der Waals surface area contributed by atoms with Crippen LogP contribution in [-0.4, -0.2) is 26.4 Å². The first kappa shape index (κ1) is 19.3. The van der Waals surface area contributed by atoms with Crippen LogP contribution in [0.15, 0.2) is 35.7 Å². The molecular formula is C15H15Cl2O5PS. The average Bonchev–Trinajstić information content (AvgIpc) is 3.06. The van der Waals surface area contributed by atoms with E-state index in [-0.39, 0.29) is 15.8 Å². The van der Waals surface area contributed by atoms with Gasteiger partial charge in [-0.1, -0.05) is 35.3 Å². The fourth-order valence-electron chi connectivity index (χ4n) is 1.82. The molecule has 0 aliphatic heterocycles. The number of esters is 1. The summed E-state index contributed by atoms with van der Waals surface area (Å²) in [5, 5.41) is 2.36. The number of para-hydroxylation sites is 1. The van der Waals surface area contributed by atoms with Crippen LogP contribution in [0.3, 0.4) is 0 Å². The van der Waals surface area contributed by atoms with Crippen LogP contribution in [0, 0.1) is 0 Å². The van der Waals surface area contributed by atoms with Gasteiger partial charge in [-0.05, 0) is 23.6 Å². The number of hydrogen-bond donors (Lipinski definition) is 0. The van der Waals surface area contributed by atoms with Crippen molar-refractivity contribution in [2.45, 2.75) is 5.85 Å². The molecule has 0 fully saturated rings. The van der Waals surface area contributed by atoms with Gasteiger partial charge in [0.1, 0.15) is 0 Å². The predicted molar refractivity (Wildman–Crippen MR) is 95.6 cm³/mol. The lowest BCUT2D eigenvalue weighted by molar-refractivity contribution is -0.148. The van der Waals surface area contributed by atoms with Crippen molar-refractivity contribution in [3.8, 4) is 5.75 Å². The highest BCUT2D eigenvalue weighted by Crippen LogP contribution is 2.57. The van der Waals surface area contributed by atoms with Gasteiger partial charge in [-0.3, -0.25) is 4.57 Å². The summed E-state index contributed by atoms with van der Waals surface area (Å²) < 4.78 is 28.2. The second kappa shape index (κ2) is 8.37. The van der Waals surface area contributed by atoms with Crippen LogP contribution in [-0.2, 0) is 18.6 Å². The number of carbonyl (C=O) groups excluding carboxylic acids is 1. The van der Waals surface area contributed by atoms with Crippen molar-refractivity contribution in [3.63, 3.8) is 0 Å². The van der Waals surface area contributed by atoms with Crippen molar-refractivity contribution in [1.29, 1.82) is 0 Å². The third-order valence-electron chi connectivity index (χ3n) is 3.07. The summed E-state index contributed by atoms with van der Waals surface area (Å²) in [6.07, 6.45) is 0. The zero-order chi connectivity index (χ0) is 17.7. The van der Waals surface area contributed by atoms with Gasteiger partial charge in [-0.25, -0.2) is 4.79 Å². The van der Waals surface area contributed by atoms with Gasteiger partial charge in [-0.2, -0.15) is 0 Å². The molecule has 9 heteroatoms. The molecule has 2 unspecified atom stereocenters. The Bertz CT molecular complexity index is 730. The standard InChI is InChI=1S/C15H15Cl2O5PS/c1-20-23(2,19)15(12-7-4-8-24-12)22-13(18)9-21-14-10(16)5-3-6-11(14)17/h3-8,15H,9H2,1-2H3. The predicted octanol–water partition coefficient (Wildman–Crippen LogP) is 5.23. The van der Waals surface area contributed by atoms with Crippen molar-refractivity contribution in [2.24, 2.45) is 0 Å². The largest absolute Gasteiger partial charge is 0.479 e. The van der Waals surface area contributed by atoms with E-state index in [1.54, 1.807) is 35.7 Å². The molecule has 0 bridgehead atoms. The summed E-state index contributed by atoms with van der Waals surface area (Å²) in [5.74, 6) is -1.50. The number of hydrogen-bond acceptors (Lipinski definition) is 6. The first-order chi connectivity index (χ1) is 11.3. The average molecular weight is 409 g/mol. The van der Waals surface area contributed by atoms with Crippen molar-refractivity contribution < 1.29 is 23.4 Å². The van der Waals surface area contributed by atoms with Gasteiger partial charge in [0, 0.05) is 13.8 Å². The Labute approximate surface area is 153 Å². The SMILES string of the molecule is COP(C)(=O)C(OC(=O)COc1c(Cl)cccc1Cl)c1cccs1. The summed E-state index contributed by atoms with van der Waals surface area (Å²) in [6, 6.07) is 8.34. The number of halogens is 2. The molecule has 0 spiro atoms. The molecule has 1 aromatic heterocycles. The minimum Gasteiger partial charge on any atom is -0.479 e. The molecule has 0 aliphatic rings. The van der Waals surface area contributed by atoms with E-state index in [1.807, 2.05) is 0 Å². The quantitative estimate of drug-likeness (QED) is 0.463. The molecule has 2 rings (SSSR count). The van der Waals surface area contributed by atoms with Gasteiger partial charge in [0.05, 0.1) is 14.9 Å². The molecule has 0 N–H and O–H groups in total. The Balaban J connectivity index is 2.08. The van der Waals surface area contributed by atoms with E-state index in [1.165, 1.54) is 25.1 Å². The molecule has 130 valence electrons. The summed E-state index contributed by atoms with van der Waals surface area (Å²) in [6.45, 7) is 0.992. The molecule has 24 heavy (non-hydrogen) atoms. The van der Waals surface area contributed by atoms with E-state index in [2.05, 4.69) is 0 Å². The number of ether oxygens (including phenoxy) is 2. The van der Waals surface area contributed by atoms with Crippen LogP contribution in [0.2, 0.25) is 10.0 Å². The first-order valence-electron chi connectivity index (χ1n) is 6.77. The van der Waals surface area contributed by atoms with Crippen molar-refractivity contribution in [1.82, 2.24) is 0 Å². The zero-order valence-electron chi connectivity index (χ0n) is 12.9. The molecule has 0 saturated carbocycles. The maximum atomic E-state index is 12.5. The monoisotopic (exact) mass is 408 g/mol. The number of rotatable bonds is 7. The van der Waals surface area contributed by atoms with Crippen LogP contribution in [0.4, 0.5) is 0 Å². The van der Waals surface area contributed by atoms with Gasteiger partial charge in [0.15, 0.2) is 12.4 Å². The summed E-state index contributed by atoms with van der Waals surface area (Å²) in [4.78, 5) is 12.7. The Hall–Kier alpha value is -1.04. The van der Waals surface area contributed by atoms with E-state index in [4.69, 9.17) is 37.2 Å². The van der Waals surface area contributed by atoms with Crippen LogP contribution in [0.1, 0.15) is 10.7 Å². The van der Waals surface area contributed by atoms with E-state index in [0.29, 0.717) is 4.88 Å². The highest BCUT2D eigenvalue weighted by molar-refractivity contribution is 7.58. The fraction of sp³-hybridized carbons (Fsp3) is 0.267. The Morgan fingerprint density at radius 3 is 2.46 bits per heavy atom. The molecule has 0 saturated heterocycles. The zero-order valence-corrected chi connectivity index (χ0v) is 16.1. The molecule has 2 aromatic rings. The first-order valence-corrected chi connectivity index (χ1v) is 10.6. The lowest BCUT2D eigenvalue weighted by Gasteiger charge is -2.22. The highest BCUT2D eigenvalue weighted by Gasteiger charge is 2.34. The highest BCUT2D eigenvalue weighted by atomic mass is 35.5. The van der Waals surface area contributed by atoms with Gasteiger partial charge in [0.2, 0.25) is 13.2 Å². The second-order valence-corrected chi connectivity index (χ2v) is 9.23. The Kier molecular flexibility index (Phi) is 6.72. The Morgan fingerprint density at radius 1 is 1.25 bits per heavy atom. The topological polar surface area (TPSA) is 61.8 Å². The number of thiophene rings is 1. The van der Waals surface area contributed by atoms with Crippen molar-refractivity contribution in [2.75, 3.05) is 20.4 Å². The number of benzene rings is 1. The molecule has 0 radical (unpaired) electrons. The minimum absolute atomic E-state index is 0.192.